The van der Waals surface area contributed by atoms with E-state index in [9.17, 15) is 8.78 Å². The molecule has 0 radical (unpaired) electrons. The van der Waals surface area contributed by atoms with Crippen LogP contribution < -0.4 is 24.8 Å². The van der Waals surface area contributed by atoms with Crippen molar-refractivity contribution in [3.05, 3.63) is 48.0 Å². The monoisotopic (exact) mass is 380 g/mol. The maximum Gasteiger partial charge on any atom is 0.387 e. The molecule has 2 aromatic rings. The first-order valence-electron chi connectivity index (χ1n) is 8.03. The largest absolute Gasteiger partial charge is 0.486 e. The Bertz CT molecular complexity index is 772. The Balaban J connectivity index is 1.57. The number of hydrogen-bond donors (Lipinski definition) is 2. The number of benzene rings is 2. The summed E-state index contributed by atoms with van der Waals surface area (Å²) in [4.78, 5) is 0. The minimum absolute atomic E-state index is 0.0627. The van der Waals surface area contributed by atoms with E-state index >= 15 is 0 Å². The second-order valence-electron chi connectivity index (χ2n) is 5.63. The topological polar surface area (TPSA) is 51.8 Å². The Hall–Kier alpha value is -2.61. The highest BCUT2D eigenvalue weighted by atomic mass is 32.1. The Labute approximate surface area is 155 Å². The van der Waals surface area contributed by atoms with Gasteiger partial charge in [-0.15, -0.1) is 0 Å². The summed E-state index contributed by atoms with van der Waals surface area (Å²) in [6.07, 6.45) is 0. The van der Waals surface area contributed by atoms with Crippen molar-refractivity contribution in [1.82, 2.24) is 5.32 Å². The summed E-state index contributed by atoms with van der Waals surface area (Å²) in [6, 6.07) is 11.8. The van der Waals surface area contributed by atoms with E-state index in [2.05, 4.69) is 15.4 Å². The normalized spacial score (nSPS) is 13.8. The molecule has 3 rings (SSSR count). The van der Waals surface area contributed by atoms with Gasteiger partial charge in [-0.2, -0.15) is 8.78 Å². The number of ether oxygens (including phenoxy) is 3. The quantitative estimate of drug-likeness (QED) is 0.762. The first kappa shape index (κ1) is 18.2. The minimum atomic E-state index is -2.84. The van der Waals surface area contributed by atoms with Gasteiger partial charge >= 0.3 is 6.61 Å². The highest BCUT2D eigenvalue weighted by molar-refractivity contribution is 7.80. The molecular weight excluding hydrogens is 362 g/mol. The summed E-state index contributed by atoms with van der Waals surface area (Å²) in [5.41, 5.74) is 1.66. The van der Waals surface area contributed by atoms with Crippen molar-refractivity contribution < 1.29 is 23.0 Å². The fourth-order valence-electron chi connectivity index (χ4n) is 2.50. The van der Waals surface area contributed by atoms with Gasteiger partial charge in [-0.3, -0.25) is 0 Å². The van der Waals surface area contributed by atoms with Gasteiger partial charge < -0.3 is 24.8 Å². The van der Waals surface area contributed by atoms with E-state index in [0.29, 0.717) is 24.0 Å². The third-order valence-corrected chi connectivity index (χ3v) is 3.97. The molecule has 0 fully saturated rings. The van der Waals surface area contributed by atoms with Gasteiger partial charge in [0.1, 0.15) is 19.0 Å². The number of rotatable bonds is 5. The second-order valence-corrected chi connectivity index (χ2v) is 6.03. The molecule has 2 N–H and O–H groups in total. The Kier molecular flexibility index (Phi) is 5.72. The van der Waals surface area contributed by atoms with Crippen LogP contribution in [0, 0.1) is 0 Å². The fourth-order valence-corrected chi connectivity index (χ4v) is 2.79. The van der Waals surface area contributed by atoms with Crippen LogP contribution in [0.5, 0.6) is 17.2 Å². The molecule has 1 atom stereocenters. The van der Waals surface area contributed by atoms with Gasteiger partial charge in [0.2, 0.25) is 0 Å². The third-order valence-electron chi connectivity index (χ3n) is 3.75. The molecule has 0 bridgehead atoms. The molecule has 0 saturated carbocycles. The molecule has 1 aliphatic heterocycles. The molecule has 1 aliphatic rings. The predicted octanol–water partition coefficient (Wildman–Crippen LogP) is 4.11. The van der Waals surface area contributed by atoms with Crippen molar-refractivity contribution in [1.29, 1.82) is 0 Å². The zero-order chi connectivity index (χ0) is 18.5. The minimum Gasteiger partial charge on any atom is -0.486 e. The summed E-state index contributed by atoms with van der Waals surface area (Å²) in [6.45, 7) is 0.209. The maximum atomic E-state index is 12.2. The summed E-state index contributed by atoms with van der Waals surface area (Å²) in [7, 11) is 0. The van der Waals surface area contributed by atoms with Crippen LogP contribution in [0.2, 0.25) is 0 Å². The first-order valence-corrected chi connectivity index (χ1v) is 8.44. The van der Waals surface area contributed by atoms with Gasteiger partial charge in [0.15, 0.2) is 16.6 Å². The standard InChI is InChI=1S/C18H18F2N2O3S/c1-11(12-2-7-15-16(10-12)24-9-8-23-15)21-18(26)22-13-3-5-14(6-4-13)25-17(19)20/h2-7,10-11,17H,8-9H2,1H3,(H2,21,22,26)/t11-/m0/s1. The van der Waals surface area contributed by atoms with Crippen LogP contribution in [0.25, 0.3) is 0 Å². The van der Waals surface area contributed by atoms with Crippen molar-refractivity contribution in [2.45, 2.75) is 19.6 Å². The molecule has 1 heterocycles. The van der Waals surface area contributed by atoms with Crippen LogP contribution in [0.4, 0.5) is 14.5 Å². The lowest BCUT2D eigenvalue weighted by Gasteiger charge is -2.22. The number of thiocarbonyl (C=S) groups is 1. The molecule has 0 unspecified atom stereocenters. The SMILES string of the molecule is C[C@H](NC(=S)Nc1ccc(OC(F)F)cc1)c1ccc2c(c1)OCCO2. The Morgan fingerprint density at radius 1 is 1.08 bits per heavy atom. The molecule has 0 saturated heterocycles. The summed E-state index contributed by atoms with van der Waals surface area (Å²) < 4.78 is 39.7. The van der Waals surface area contributed by atoms with Gasteiger partial charge in [0, 0.05) is 5.69 Å². The summed E-state index contributed by atoms with van der Waals surface area (Å²) in [5, 5.41) is 6.59. The number of fused-ring (bicyclic) bond motifs is 1. The van der Waals surface area contributed by atoms with E-state index in [1.807, 2.05) is 25.1 Å². The first-order chi connectivity index (χ1) is 12.5. The van der Waals surface area contributed by atoms with Crippen LogP contribution in [0.15, 0.2) is 42.5 Å². The van der Waals surface area contributed by atoms with E-state index in [1.165, 1.54) is 12.1 Å². The number of nitrogens with one attached hydrogen (secondary N) is 2. The van der Waals surface area contributed by atoms with Crippen molar-refractivity contribution in [3.63, 3.8) is 0 Å². The number of alkyl halides is 2. The second kappa shape index (κ2) is 8.18. The van der Waals surface area contributed by atoms with E-state index in [4.69, 9.17) is 21.7 Å². The molecule has 26 heavy (non-hydrogen) atoms. The van der Waals surface area contributed by atoms with E-state index < -0.39 is 6.61 Å². The lowest BCUT2D eigenvalue weighted by molar-refractivity contribution is -0.0498. The van der Waals surface area contributed by atoms with E-state index in [-0.39, 0.29) is 11.8 Å². The molecule has 0 aliphatic carbocycles. The average Bonchev–Trinajstić information content (AvgIpc) is 2.62. The molecule has 0 spiro atoms. The van der Waals surface area contributed by atoms with Gasteiger partial charge in [-0.05, 0) is 61.1 Å². The van der Waals surface area contributed by atoms with Gasteiger partial charge in [0.25, 0.3) is 0 Å². The lowest BCUT2D eigenvalue weighted by atomic mass is 10.1. The van der Waals surface area contributed by atoms with Gasteiger partial charge in [-0.1, -0.05) is 6.07 Å². The van der Waals surface area contributed by atoms with Gasteiger partial charge in [-0.25, -0.2) is 0 Å². The van der Waals surface area contributed by atoms with Gasteiger partial charge in [0.05, 0.1) is 6.04 Å². The fraction of sp³-hybridized carbons (Fsp3) is 0.278. The maximum absolute atomic E-state index is 12.2. The molecule has 138 valence electrons. The molecule has 0 aromatic heterocycles. The number of anilines is 1. The van der Waals surface area contributed by atoms with Crippen molar-refractivity contribution in [2.75, 3.05) is 18.5 Å². The van der Waals surface area contributed by atoms with E-state index in [1.54, 1.807) is 12.1 Å². The molecule has 2 aromatic carbocycles. The Morgan fingerprint density at radius 2 is 1.77 bits per heavy atom. The highest BCUT2D eigenvalue weighted by Crippen LogP contribution is 2.32. The van der Waals surface area contributed by atoms with Crippen LogP contribution in [0.1, 0.15) is 18.5 Å². The van der Waals surface area contributed by atoms with Crippen LogP contribution in [-0.2, 0) is 0 Å². The molecule has 0 amide bonds. The van der Waals surface area contributed by atoms with Crippen LogP contribution in [-0.4, -0.2) is 24.9 Å². The average molecular weight is 380 g/mol. The highest BCUT2D eigenvalue weighted by Gasteiger charge is 2.15. The van der Waals surface area contributed by atoms with Crippen LogP contribution >= 0.6 is 12.2 Å². The summed E-state index contributed by atoms with van der Waals surface area (Å²) >= 11 is 5.31. The number of halogens is 2. The lowest BCUT2D eigenvalue weighted by Crippen LogP contribution is -2.31. The Morgan fingerprint density at radius 3 is 2.46 bits per heavy atom. The van der Waals surface area contributed by atoms with Crippen LogP contribution in [0.3, 0.4) is 0 Å². The van der Waals surface area contributed by atoms with E-state index in [0.717, 1.165) is 17.1 Å². The zero-order valence-corrected chi connectivity index (χ0v) is 14.8. The van der Waals surface area contributed by atoms with Crippen molar-refractivity contribution >= 4 is 23.0 Å². The molecular formula is C18H18F2N2O3S. The van der Waals surface area contributed by atoms with Crippen molar-refractivity contribution in [3.8, 4) is 17.2 Å². The third kappa shape index (κ3) is 4.72. The van der Waals surface area contributed by atoms with Crippen molar-refractivity contribution in [2.24, 2.45) is 0 Å². The smallest absolute Gasteiger partial charge is 0.387 e. The predicted molar refractivity (Wildman–Crippen MR) is 98.3 cm³/mol. The molecule has 5 nitrogen and oxygen atoms in total. The molecule has 8 heteroatoms. The summed E-state index contributed by atoms with van der Waals surface area (Å²) in [5.74, 6) is 1.55. The zero-order valence-electron chi connectivity index (χ0n) is 14.0. The number of hydrogen-bond acceptors (Lipinski definition) is 4.